The first-order chi connectivity index (χ1) is 10.5. The third kappa shape index (κ3) is 4.83. The van der Waals surface area contributed by atoms with Crippen molar-refractivity contribution in [1.29, 1.82) is 0 Å². The molecule has 1 N–H and O–H groups in total. The molecule has 116 valence electrons. The molecular weight excluding hydrogens is 364 g/mol. The molecule has 0 aliphatic heterocycles. The van der Waals surface area contributed by atoms with Crippen LogP contribution in [-0.2, 0) is 11.3 Å². The van der Waals surface area contributed by atoms with Crippen LogP contribution < -0.4 is 5.32 Å². The average Bonchev–Trinajstić information content (AvgIpc) is 2.46. The number of hydrogen-bond acceptors (Lipinski definition) is 2. The highest BCUT2D eigenvalue weighted by molar-refractivity contribution is 9.10. The Morgan fingerprint density at radius 2 is 1.91 bits per heavy atom. The molecule has 0 saturated heterocycles. The third-order valence-corrected chi connectivity index (χ3v) is 4.26. The number of nitrogens with one attached hydrogen (secondary N) is 1. The zero-order valence-corrected chi connectivity index (χ0v) is 14.9. The maximum atomic E-state index is 12.1. The van der Waals surface area contributed by atoms with Crippen LogP contribution in [-0.4, -0.2) is 24.4 Å². The number of benzene rings is 2. The number of carbonyl (C=O) groups is 1. The smallest absolute Gasteiger partial charge is 0.238 e. The number of halogens is 2. The summed E-state index contributed by atoms with van der Waals surface area (Å²) in [7, 11) is 1.92. The Morgan fingerprint density at radius 1 is 1.23 bits per heavy atom. The van der Waals surface area contributed by atoms with Crippen molar-refractivity contribution in [2.75, 3.05) is 18.9 Å². The van der Waals surface area contributed by atoms with Gasteiger partial charge < -0.3 is 5.32 Å². The lowest BCUT2D eigenvalue weighted by atomic mass is 10.2. The lowest BCUT2D eigenvalue weighted by Gasteiger charge is -2.17. The number of nitrogens with zero attached hydrogens (tertiary/aromatic N) is 1. The highest BCUT2D eigenvalue weighted by Gasteiger charge is 2.10. The molecule has 3 nitrogen and oxygen atoms in total. The molecule has 5 heteroatoms. The fourth-order valence-corrected chi connectivity index (χ4v) is 2.57. The van der Waals surface area contributed by atoms with Gasteiger partial charge in [-0.2, -0.15) is 0 Å². The fraction of sp³-hybridized carbons (Fsp3) is 0.235. The summed E-state index contributed by atoms with van der Waals surface area (Å²) < 4.78 is 1.05. The maximum Gasteiger partial charge on any atom is 0.238 e. The molecule has 22 heavy (non-hydrogen) atoms. The van der Waals surface area contributed by atoms with Crippen molar-refractivity contribution < 1.29 is 4.79 Å². The summed E-state index contributed by atoms with van der Waals surface area (Å²) in [4.78, 5) is 14.1. The van der Waals surface area contributed by atoms with Crippen molar-refractivity contribution in [3.05, 3.63) is 63.1 Å². The van der Waals surface area contributed by atoms with E-state index in [9.17, 15) is 4.79 Å². The van der Waals surface area contributed by atoms with E-state index in [1.165, 1.54) is 0 Å². The van der Waals surface area contributed by atoms with Gasteiger partial charge in [-0.05, 0) is 49.4 Å². The normalized spacial score (nSPS) is 10.8. The van der Waals surface area contributed by atoms with Crippen LogP contribution in [0.3, 0.4) is 0 Å². The second-order valence-electron chi connectivity index (χ2n) is 5.26. The summed E-state index contributed by atoms with van der Waals surface area (Å²) in [6.07, 6.45) is 0. The first kappa shape index (κ1) is 17.0. The Hall–Kier alpha value is -1.36. The molecule has 0 fully saturated rings. The number of hydrogen-bond donors (Lipinski definition) is 1. The summed E-state index contributed by atoms with van der Waals surface area (Å²) >= 11 is 9.47. The van der Waals surface area contributed by atoms with E-state index < -0.39 is 0 Å². The van der Waals surface area contributed by atoms with Crippen molar-refractivity contribution in [3.63, 3.8) is 0 Å². The van der Waals surface area contributed by atoms with Crippen molar-refractivity contribution in [1.82, 2.24) is 4.90 Å². The predicted octanol–water partition coefficient (Wildman–Crippen LogP) is 4.48. The summed E-state index contributed by atoms with van der Waals surface area (Å²) in [6, 6.07) is 13.6. The summed E-state index contributed by atoms with van der Waals surface area (Å²) in [6.45, 7) is 2.93. The summed E-state index contributed by atoms with van der Waals surface area (Å²) in [5.74, 6) is -0.0509. The number of amides is 1. The van der Waals surface area contributed by atoms with E-state index in [0.717, 1.165) is 27.8 Å². The molecule has 0 spiro atoms. The maximum absolute atomic E-state index is 12.1. The van der Waals surface area contributed by atoms with E-state index in [4.69, 9.17) is 11.6 Å². The second-order valence-corrected chi connectivity index (χ2v) is 6.58. The van der Waals surface area contributed by atoms with Crippen molar-refractivity contribution >= 4 is 39.1 Å². The van der Waals surface area contributed by atoms with Gasteiger partial charge in [-0.1, -0.05) is 45.7 Å². The fourth-order valence-electron chi connectivity index (χ4n) is 2.14. The van der Waals surface area contributed by atoms with E-state index >= 15 is 0 Å². The molecule has 0 bridgehead atoms. The Labute approximate surface area is 144 Å². The van der Waals surface area contributed by atoms with Crippen LogP contribution >= 0.6 is 27.5 Å². The average molecular weight is 382 g/mol. The molecule has 0 aromatic heterocycles. The molecule has 0 aliphatic rings. The molecule has 0 heterocycles. The van der Waals surface area contributed by atoms with Crippen LogP contribution in [0.15, 0.2) is 46.9 Å². The summed E-state index contributed by atoms with van der Waals surface area (Å²) in [5, 5.41) is 3.56. The second kappa shape index (κ2) is 7.77. The monoisotopic (exact) mass is 380 g/mol. The minimum Gasteiger partial charge on any atom is -0.325 e. The molecule has 0 radical (unpaired) electrons. The zero-order valence-electron chi connectivity index (χ0n) is 12.6. The summed E-state index contributed by atoms with van der Waals surface area (Å²) in [5.41, 5.74) is 2.81. The molecule has 0 unspecified atom stereocenters. The van der Waals surface area contributed by atoms with Gasteiger partial charge in [0, 0.05) is 21.7 Å². The highest BCUT2D eigenvalue weighted by Crippen LogP contribution is 2.22. The minimum atomic E-state index is -0.0509. The molecule has 2 aromatic rings. The van der Waals surface area contributed by atoms with Gasteiger partial charge in [-0.15, -0.1) is 0 Å². The molecular formula is C17H18BrClN2O. The van der Waals surface area contributed by atoms with Gasteiger partial charge in [0.25, 0.3) is 0 Å². The van der Waals surface area contributed by atoms with Gasteiger partial charge in [0.1, 0.15) is 0 Å². The Kier molecular flexibility index (Phi) is 6.00. The Balaban J connectivity index is 1.91. The topological polar surface area (TPSA) is 32.3 Å². The van der Waals surface area contributed by atoms with Gasteiger partial charge in [0.05, 0.1) is 6.54 Å². The van der Waals surface area contributed by atoms with Crippen LogP contribution in [0, 0.1) is 6.92 Å². The minimum absolute atomic E-state index is 0.0509. The Bertz CT molecular complexity index is 658. The van der Waals surface area contributed by atoms with Gasteiger partial charge in [0.2, 0.25) is 5.91 Å². The highest BCUT2D eigenvalue weighted by atomic mass is 79.9. The van der Waals surface area contributed by atoms with Crippen molar-refractivity contribution in [2.45, 2.75) is 13.5 Å². The number of likely N-dealkylation sites (N-methyl/N-ethyl adjacent to an activating group) is 1. The van der Waals surface area contributed by atoms with Crippen LogP contribution in [0.25, 0.3) is 0 Å². The van der Waals surface area contributed by atoms with E-state index in [0.29, 0.717) is 11.6 Å². The van der Waals surface area contributed by atoms with Crippen LogP contribution in [0.4, 0.5) is 5.69 Å². The molecule has 0 atom stereocenters. The zero-order chi connectivity index (χ0) is 16.1. The van der Waals surface area contributed by atoms with E-state index in [2.05, 4.69) is 21.2 Å². The van der Waals surface area contributed by atoms with Crippen LogP contribution in [0.1, 0.15) is 11.1 Å². The third-order valence-electron chi connectivity index (χ3n) is 3.32. The van der Waals surface area contributed by atoms with Crippen LogP contribution in [0.2, 0.25) is 5.02 Å². The molecule has 0 saturated carbocycles. The number of rotatable bonds is 5. The lowest BCUT2D eigenvalue weighted by molar-refractivity contribution is -0.117. The SMILES string of the molecule is Cc1c(Cl)cccc1NC(=O)CN(C)Cc1ccc(Br)cc1. The van der Waals surface area contributed by atoms with E-state index in [-0.39, 0.29) is 5.91 Å². The standard InChI is InChI=1S/C17H18BrClN2O/c1-12-15(19)4-3-5-16(12)20-17(22)11-21(2)10-13-6-8-14(18)9-7-13/h3-9H,10-11H2,1-2H3,(H,20,22). The molecule has 2 aromatic carbocycles. The first-order valence-corrected chi connectivity index (χ1v) is 8.11. The number of anilines is 1. The molecule has 2 rings (SSSR count). The van der Waals surface area contributed by atoms with Gasteiger partial charge in [-0.25, -0.2) is 0 Å². The molecule has 1 amide bonds. The Morgan fingerprint density at radius 3 is 2.59 bits per heavy atom. The van der Waals surface area contributed by atoms with Crippen LogP contribution in [0.5, 0.6) is 0 Å². The first-order valence-electron chi connectivity index (χ1n) is 6.93. The largest absolute Gasteiger partial charge is 0.325 e. The van der Waals surface area contributed by atoms with E-state index in [1.807, 2.05) is 61.3 Å². The van der Waals surface area contributed by atoms with E-state index in [1.54, 1.807) is 0 Å². The molecule has 0 aliphatic carbocycles. The van der Waals surface area contributed by atoms with Crippen molar-refractivity contribution in [2.24, 2.45) is 0 Å². The van der Waals surface area contributed by atoms with Crippen molar-refractivity contribution in [3.8, 4) is 0 Å². The van der Waals surface area contributed by atoms with Gasteiger partial charge in [-0.3, -0.25) is 9.69 Å². The number of carbonyl (C=O) groups excluding carboxylic acids is 1. The predicted molar refractivity (Wildman–Crippen MR) is 95.3 cm³/mol. The lowest BCUT2D eigenvalue weighted by Crippen LogP contribution is -2.30. The quantitative estimate of drug-likeness (QED) is 0.828. The van der Waals surface area contributed by atoms with Gasteiger partial charge >= 0.3 is 0 Å². The van der Waals surface area contributed by atoms with Gasteiger partial charge in [0.15, 0.2) is 0 Å².